The average Bonchev–Trinajstić information content (AvgIpc) is 2.27. The monoisotopic (exact) mass is 237 g/mol. The van der Waals surface area contributed by atoms with Crippen LogP contribution in [0.15, 0.2) is 36.9 Å². The minimum absolute atomic E-state index is 0.361. The van der Waals surface area contributed by atoms with Crippen molar-refractivity contribution in [3.63, 3.8) is 0 Å². The summed E-state index contributed by atoms with van der Waals surface area (Å²) in [7, 11) is 0. The molecule has 0 radical (unpaired) electrons. The third-order valence-electron chi connectivity index (χ3n) is 2.22. The molecular formula is C12H9Cl2N. The van der Waals surface area contributed by atoms with E-state index in [2.05, 4.69) is 11.6 Å². The minimum Gasteiger partial charge on any atom is -0.235 e. The van der Waals surface area contributed by atoms with Crippen LogP contribution in [0.1, 0.15) is 5.56 Å². The van der Waals surface area contributed by atoms with Crippen LogP contribution in [0.4, 0.5) is 0 Å². The van der Waals surface area contributed by atoms with Gasteiger partial charge in [0.1, 0.15) is 5.15 Å². The second-order valence-corrected chi connectivity index (χ2v) is 3.88. The highest BCUT2D eigenvalue weighted by Crippen LogP contribution is 2.25. The molecule has 0 saturated carbocycles. The molecule has 0 aliphatic heterocycles. The van der Waals surface area contributed by atoms with Gasteiger partial charge >= 0.3 is 0 Å². The maximum Gasteiger partial charge on any atom is 0.137 e. The molecule has 0 atom stereocenters. The smallest absolute Gasteiger partial charge is 0.137 e. The number of halogens is 2. The first-order valence-corrected chi connectivity index (χ1v) is 5.43. The lowest BCUT2D eigenvalue weighted by molar-refractivity contribution is 1.38. The fourth-order valence-electron chi connectivity index (χ4n) is 1.41. The molecule has 0 unspecified atom stereocenters. The van der Waals surface area contributed by atoms with Gasteiger partial charge in [0.15, 0.2) is 0 Å². The van der Waals surface area contributed by atoms with Gasteiger partial charge in [0.05, 0.1) is 5.52 Å². The number of fused-ring (bicyclic) bond motifs is 1. The number of hydrogen-bond donors (Lipinski definition) is 0. The van der Waals surface area contributed by atoms with Gasteiger partial charge in [0.25, 0.3) is 0 Å². The summed E-state index contributed by atoms with van der Waals surface area (Å²) in [5, 5.41) is 1.50. The van der Waals surface area contributed by atoms with Crippen LogP contribution in [0, 0.1) is 0 Å². The molecule has 1 nitrogen and oxygen atoms in total. The molecule has 0 N–H and O–H groups in total. The third kappa shape index (κ3) is 1.99. The van der Waals surface area contributed by atoms with E-state index in [0.717, 1.165) is 22.0 Å². The van der Waals surface area contributed by atoms with Gasteiger partial charge in [-0.15, -0.1) is 11.6 Å². The van der Waals surface area contributed by atoms with Crippen LogP contribution in [0.2, 0.25) is 5.15 Å². The molecule has 0 fully saturated rings. The van der Waals surface area contributed by atoms with E-state index in [1.165, 1.54) is 0 Å². The van der Waals surface area contributed by atoms with Crippen molar-refractivity contribution in [2.75, 3.05) is 5.88 Å². The lowest BCUT2D eigenvalue weighted by Crippen LogP contribution is -1.90. The van der Waals surface area contributed by atoms with E-state index in [4.69, 9.17) is 23.2 Å². The predicted octanol–water partition coefficient (Wildman–Crippen LogP) is 4.14. The molecule has 0 saturated heterocycles. The molecule has 2 aromatic rings. The van der Waals surface area contributed by atoms with Gasteiger partial charge < -0.3 is 0 Å². The Balaban J connectivity index is 2.67. The first-order chi connectivity index (χ1) is 7.22. The van der Waals surface area contributed by atoms with Crippen molar-refractivity contribution >= 4 is 39.7 Å². The Morgan fingerprint density at radius 3 is 2.80 bits per heavy atom. The molecule has 1 heterocycles. The maximum absolute atomic E-state index is 6.05. The standard InChI is InChI=1S/C12H9Cl2N/c1-8(7-13)10-6-9-4-2-3-5-11(9)15-12(10)14/h2-6H,1,7H2. The van der Waals surface area contributed by atoms with Crippen LogP contribution < -0.4 is 0 Å². The van der Waals surface area contributed by atoms with E-state index in [-0.39, 0.29) is 0 Å². The Labute approximate surface area is 98.3 Å². The van der Waals surface area contributed by atoms with Crippen LogP contribution >= 0.6 is 23.2 Å². The summed E-state index contributed by atoms with van der Waals surface area (Å²) < 4.78 is 0. The lowest BCUT2D eigenvalue weighted by Gasteiger charge is -2.06. The minimum atomic E-state index is 0.361. The van der Waals surface area contributed by atoms with Gasteiger partial charge in [-0.3, -0.25) is 0 Å². The van der Waals surface area contributed by atoms with Crippen LogP contribution in [-0.4, -0.2) is 10.9 Å². The molecule has 76 valence electrons. The van der Waals surface area contributed by atoms with Crippen molar-refractivity contribution in [3.05, 3.63) is 47.6 Å². The van der Waals surface area contributed by atoms with E-state index < -0.39 is 0 Å². The molecule has 0 bridgehead atoms. The third-order valence-corrected chi connectivity index (χ3v) is 2.83. The van der Waals surface area contributed by atoms with E-state index >= 15 is 0 Å². The van der Waals surface area contributed by atoms with Crippen LogP contribution in [0.3, 0.4) is 0 Å². The van der Waals surface area contributed by atoms with E-state index in [0.29, 0.717) is 11.0 Å². The van der Waals surface area contributed by atoms with Crippen LogP contribution in [0.25, 0.3) is 16.5 Å². The summed E-state index contributed by atoms with van der Waals surface area (Å²) in [5.41, 5.74) is 2.50. The van der Waals surface area contributed by atoms with Gasteiger partial charge in [-0.25, -0.2) is 4.98 Å². The number of benzene rings is 1. The molecule has 0 aliphatic rings. The Kier molecular flexibility index (Phi) is 2.94. The molecule has 3 heteroatoms. The number of pyridine rings is 1. The molecule has 0 amide bonds. The quantitative estimate of drug-likeness (QED) is 0.566. The summed E-state index contributed by atoms with van der Waals surface area (Å²) in [6.45, 7) is 3.85. The maximum atomic E-state index is 6.05. The molecule has 1 aromatic heterocycles. The number of hydrogen-bond acceptors (Lipinski definition) is 1. The van der Waals surface area contributed by atoms with Crippen molar-refractivity contribution in [2.24, 2.45) is 0 Å². The van der Waals surface area contributed by atoms with Crippen molar-refractivity contribution in [3.8, 4) is 0 Å². The summed E-state index contributed by atoms with van der Waals surface area (Å²) in [6.07, 6.45) is 0. The van der Waals surface area contributed by atoms with Crippen molar-refractivity contribution in [1.29, 1.82) is 0 Å². The van der Waals surface area contributed by atoms with Gasteiger partial charge in [-0.1, -0.05) is 36.4 Å². The van der Waals surface area contributed by atoms with Crippen molar-refractivity contribution in [2.45, 2.75) is 0 Å². The largest absolute Gasteiger partial charge is 0.235 e. The van der Waals surface area contributed by atoms with Gasteiger partial charge in [0, 0.05) is 16.8 Å². The zero-order chi connectivity index (χ0) is 10.8. The average molecular weight is 238 g/mol. The molecular weight excluding hydrogens is 229 g/mol. The van der Waals surface area contributed by atoms with Crippen molar-refractivity contribution in [1.82, 2.24) is 4.98 Å². The fraction of sp³-hybridized carbons (Fsp3) is 0.0833. The molecule has 0 spiro atoms. The first kappa shape index (κ1) is 10.5. The lowest BCUT2D eigenvalue weighted by atomic mass is 10.1. The van der Waals surface area contributed by atoms with E-state index in [1.54, 1.807) is 0 Å². The van der Waals surface area contributed by atoms with Crippen LogP contribution in [-0.2, 0) is 0 Å². The molecule has 2 rings (SSSR count). The summed E-state index contributed by atoms with van der Waals surface area (Å²) in [5.74, 6) is 0.361. The summed E-state index contributed by atoms with van der Waals surface area (Å²) in [4.78, 5) is 4.29. The predicted molar refractivity (Wildman–Crippen MR) is 66.5 cm³/mol. The Hall–Kier alpha value is -1.05. The van der Waals surface area contributed by atoms with E-state index in [1.807, 2.05) is 30.3 Å². The summed E-state index contributed by atoms with van der Waals surface area (Å²) >= 11 is 11.8. The Bertz CT molecular complexity index is 520. The first-order valence-electron chi connectivity index (χ1n) is 4.52. The topological polar surface area (TPSA) is 12.9 Å². The molecule has 0 aliphatic carbocycles. The second-order valence-electron chi connectivity index (χ2n) is 3.26. The fourth-order valence-corrected chi connectivity index (χ4v) is 1.84. The van der Waals surface area contributed by atoms with Gasteiger partial charge in [0.2, 0.25) is 0 Å². The van der Waals surface area contributed by atoms with Gasteiger partial charge in [-0.2, -0.15) is 0 Å². The van der Waals surface area contributed by atoms with Crippen molar-refractivity contribution < 1.29 is 0 Å². The zero-order valence-electron chi connectivity index (χ0n) is 8.00. The van der Waals surface area contributed by atoms with Gasteiger partial charge in [-0.05, 0) is 17.7 Å². The van der Waals surface area contributed by atoms with E-state index in [9.17, 15) is 0 Å². The molecule has 15 heavy (non-hydrogen) atoms. The number of rotatable bonds is 2. The number of alkyl halides is 1. The number of nitrogens with zero attached hydrogens (tertiary/aromatic N) is 1. The Morgan fingerprint density at radius 2 is 2.07 bits per heavy atom. The highest BCUT2D eigenvalue weighted by molar-refractivity contribution is 6.32. The number of para-hydroxylation sites is 1. The highest BCUT2D eigenvalue weighted by atomic mass is 35.5. The molecule has 1 aromatic carbocycles. The zero-order valence-corrected chi connectivity index (χ0v) is 9.52. The SMILES string of the molecule is C=C(CCl)c1cc2ccccc2nc1Cl. The van der Waals surface area contributed by atoms with Crippen LogP contribution in [0.5, 0.6) is 0 Å². The summed E-state index contributed by atoms with van der Waals surface area (Å²) in [6, 6.07) is 9.78. The Morgan fingerprint density at radius 1 is 1.33 bits per heavy atom. The normalized spacial score (nSPS) is 10.5. The second kappa shape index (κ2) is 4.21. The highest BCUT2D eigenvalue weighted by Gasteiger charge is 2.06. The number of aromatic nitrogens is 1. The number of allylic oxidation sites excluding steroid dienone is 1.